The fourth-order valence-corrected chi connectivity index (χ4v) is 4.43. The Morgan fingerprint density at radius 3 is 2.23 bits per heavy atom. The van der Waals surface area contributed by atoms with Crippen molar-refractivity contribution in [2.45, 2.75) is 31.8 Å². The van der Waals surface area contributed by atoms with E-state index in [4.69, 9.17) is 5.73 Å². The number of piperidine rings is 1. The Kier molecular flexibility index (Phi) is 6.16. The van der Waals surface area contributed by atoms with Crippen LogP contribution >= 0.6 is 0 Å². The quantitative estimate of drug-likeness (QED) is 0.776. The number of amides is 3. The molecule has 2 N–H and O–H groups in total. The van der Waals surface area contributed by atoms with Crippen LogP contribution in [0.5, 0.6) is 0 Å². The van der Waals surface area contributed by atoms with Crippen LogP contribution < -0.4 is 5.73 Å². The first-order valence-corrected chi connectivity index (χ1v) is 10.7. The minimum atomic E-state index is -0.615. The molecule has 0 aliphatic carbocycles. The first-order chi connectivity index (χ1) is 15.0. The number of primary amides is 1. The molecule has 3 amide bonds. The van der Waals surface area contributed by atoms with E-state index in [1.165, 1.54) is 0 Å². The molecule has 1 fully saturated rings. The third-order valence-corrected chi connectivity index (χ3v) is 6.23. The van der Waals surface area contributed by atoms with E-state index in [0.717, 1.165) is 16.7 Å². The van der Waals surface area contributed by atoms with Crippen molar-refractivity contribution in [2.75, 3.05) is 13.1 Å². The SMILES string of the molecule is NC(=O)C1Cc2ccccc2CN1C(=O)C1CCN(C(=O)/C=C/c2ccccc2)CC1. The second kappa shape index (κ2) is 9.16. The van der Waals surface area contributed by atoms with E-state index in [9.17, 15) is 14.4 Å². The zero-order valence-electron chi connectivity index (χ0n) is 17.4. The monoisotopic (exact) mass is 417 g/mol. The second-order valence-corrected chi connectivity index (χ2v) is 8.20. The van der Waals surface area contributed by atoms with E-state index in [2.05, 4.69) is 0 Å². The molecule has 1 atom stereocenters. The van der Waals surface area contributed by atoms with Gasteiger partial charge in [0, 0.05) is 38.0 Å². The number of likely N-dealkylation sites (tertiary alicyclic amines) is 1. The lowest BCUT2D eigenvalue weighted by molar-refractivity contribution is -0.146. The number of fused-ring (bicyclic) bond motifs is 1. The molecule has 1 unspecified atom stereocenters. The van der Waals surface area contributed by atoms with Gasteiger partial charge in [0.15, 0.2) is 0 Å². The van der Waals surface area contributed by atoms with Gasteiger partial charge in [-0.2, -0.15) is 0 Å². The third-order valence-electron chi connectivity index (χ3n) is 6.23. The van der Waals surface area contributed by atoms with Crippen molar-refractivity contribution < 1.29 is 14.4 Å². The second-order valence-electron chi connectivity index (χ2n) is 8.20. The standard InChI is InChI=1S/C25H27N3O3/c26-24(30)22-16-20-8-4-5-9-21(20)17-28(22)25(31)19-12-14-27(15-13-19)23(29)11-10-18-6-2-1-3-7-18/h1-11,19,22H,12-17H2,(H2,26,30)/b11-10+. The highest BCUT2D eigenvalue weighted by Gasteiger charge is 2.37. The number of hydrogen-bond donors (Lipinski definition) is 1. The highest BCUT2D eigenvalue weighted by molar-refractivity contribution is 5.92. The van der Waals surface area contributed by atoms with Crippen molar-refractivity contribution >= 4 is 23.8 Å². The Balaban J connectivity index is 1.38. The fourth-order valence-electron chi connectivity index (χ4n) is 4.43. The van der Waals surface area contributed by atoms with Gasteiger partial charge in [-0.25, -0.2) is 0 Å². The third kappa shape index (κ3) is 4.68. The molecule has 2 heterocycles. The van der Waals surface area contributed by atoms with Crippen LogP contribution in [0.4, 0.5) is 0 Å². The van der Waals surface area contributed by atoms with Crippen molar-refractivity contribution in [3.63, 3.8) is 0 Å². The highest BCUT2D eigenvalue weighted by Crippen LogP contribution is 2.28. The van der Waals surface area contributed by atoms with Gasteiger partial charge < -0.3 is 15.5 Å². The summed E-state index contributed by atoms with van der Waals surface area (Å²) in [4.78, 5) is 41.3. The van der Waals surface area contributed by atoms with Crippen LogP contribution in [0.3, 0.4) is 0 Å². The molecule has 31 heavy (non-hydrogen) atoms. The van der Waals surface area contributed by atoms with Crippen molar-refractivity contribution in [1.29, 1.82) is 0 Å². The van der Waals surface area contributed by atoms with Gasteiger partial charge in [-0.3, -0.25) is 14.4 Å². The summed E-state index contributed by atoms with van der Waals surface area (Å²) < 4.78 is 0. The van der Waals surface area contributed by atoms with Gasteiger partial charge in [0.25, 0.3) is 0 Å². The summed E-state index contributed by atoms with van der Waals surface area (Å²) in [5.41, 5.74) is 8.74. The van der Waals surface area contributed by atoms with Gasteiger partial charge in [-0.15, -0.1) is 0 Å². The zero-order valence-corrected chi connectivity index (χ0v) is 17.4. The maximum absolute atomic E-state index is 13.3. The van der Waals surface area contributed by atoms with Crippen LogP contribution in [0.15, 0.2) is 60.7 Å². The van der Waals surface area contributed by atoms with E-state index < -0.39 is 11.9 Å². The Bertz CT molecular complexity index is 994. The molecule has 0 spiro atoms. The van der Waals surface area contributed by atoms with Crippen LogP contribution in [0, 0.1) is 5.92 Å². The molecule has 1 saturated heterocycles. The van der Waals surface area contributed by atoms with Crippen LogP contribution in [0.25, 0.3) is 6.08 Å². The maximum atomic E-state index is 13.3. The minimum Gasteiger partial charge on any atom is -0.368 e. The summed E-state index contributed by atoms with van der Waals surface area (Å²) in [6.07, 6.45) is 5.03. The van der Waals surface area contributed by atoms with Gasteiger partial charge in [-0.1, -0.05) is 54.6 Å². The predicted molar refractivity (Wildman–Crippen MR) is 118 cm³/mol. The number of carbonyl (C=O) groups is 3. The molecule has 6 heteroatoms. The molecular weight excluding hydrogens is 390 g/mol. The fraction of sp³-hybridized carbons (Fsp3) is 0.320. The smallest absolute Gasteiger partial charge is 0.246 e. The molecular formula is C25H27N3O3. The van der Waals surface area contributed by atoms with Crippen LogP contribution in [0.1, 0.15) is 29.5 Å². The van der Waals surface area contributed by atoms with Crippen molar-refractivity contribution in [2.24, 2.45) is 11.7 Å². The predicted octanol–water partition coefficient (Wildman–Crippen LogP) is 2.38. The molecule has 0 bridgehead atoms. The number of nitrogens with zero attached hydrogens (tertiary/aromatic N) is 2. The number of carbonyl (C=O) groups excluding carboxylic acids is 3. The lowest BCUT2D eigenvalue weighted by Crippen LogP contribution is -2.54. The topological polar surface area (TPSA) is 83.7 Å². The van der Waals surface area contributed by atoms with E-state index in [-0.39, 0.29) is 17.7 Å². The summed E-state index contributed by atoms with van der Waals surface area (Å²) in [7, 11) is 0. The summed E-state index contributed by atoms with van der Waals surface area (Å²) in [5, 5.41) is 0. The van der Waals surface area contributed by atoms with Gasteiger partial charge in [0.1, 0.15) is 6.04 Å². The summed E-state index contributed by atoms with van der Waals surface area (Å²) in [6.45, 7) is 1.46. The first-order valence-electron chi connectivity index (χ1n) is 10.7. The number of benzene rings is 2. The lowest BCUT2D eigenvalue weighted by atomic mass is 9.89. The van der Waals surface area contributed by atoms with Crippen LogP contribution in [0.2, 0.25) is 0 Å². The van der Waals surface area contributed by atoms with Crippen LogP contribution in [-0.2, 0) is 27.3 Å². The Hall–Kier alpha value is -3.41. The van der Waals surface area contributed by atoms with E-state index >= 15 is 0 Å². The maximum Gasteiger partial charge on any atom is 0.246 e. The molecule has 2 aliphatic heterocycles. The molecule has 4 rings (SSSR count). The zero-order chi connectivity index (χ0) is 21.8. The Morgan fingerprint density at radius 1 is 0.903 bits per heavy atom. The number of hydrogen-bond acceptors (Lipinski definition) is 3. The van der Waals surface area contributed by atoms with Crippen molar-refractivity contribution in [3.05, 3.63) is 77.4 Å². The van der Waals surface area contributed by atoms with E-state index in [0.29, 0.717) is 38.9 Å². The van der Waals surface area contributed by atoms with Gasteiger partial charge in [-0.05, 0) is 35.6 Å². The molecule has 0 saturated carbocycles. The molecule has 0 radical (unpaired) electrons. The number of nitrogens with two attached hydrogens (primary N) is 1. The van der Waals surface area contributed by atoms with Gasteiger partial charge >= 0.3 is 0 Å². The summed E-state index contributed by atoms with van der Waals surface area (Å²) in [6, 6.07) is 16.9. The summed E-state index contributed by atoms with van der Waals surface area (Å²) >= 11 is 0. The first kappa shape index (κ1) is 20.8. The Morgan fingerprint density at radius 2 is 1.55 bits per heavy atom. The van der Waals surface area contributed by atoms with Crippen molar-refractivity contribution in [3.8, 4) is 0 Å². The average Bonchev–Trinajstić information content (AvgIpc) is 2.82. The van der Waals surface area contributed by atoms with Crippen molar-refractivity contribution in [1.82, 2.24) is 9.80 Å². The summed E-state index contributed by atoms with van der Waals surface area (Å²) in [5.74, 6) is -0.752. The largest absolute Gasteiger partial charge is 0.368 e. The molecule has 2 aromatic carbocycles. The van der Waals surface area contributed by atoms with Gasteiger partial charge in [0.2, 0.25) is 17.7 Å². The molecule has 6 nitrogen and oxygen atoms in total. The van der Waals surface area contributed by atoms with E-state index in [1.807, 2.05) is 60.7 Å². The van der Waals surface area contributed by atoms with Crippen LogP contribution in [-0.4, -0.2) is 46.7 Å². The average molecular weight is 418 g/mol. The number of rotatable bonds is 4. The minimum absolute atomic E-state index is 0.0368. The lowest BCUT2D eigenvalue weighted by Gasteiger charge is -2.39. The Labute approximate surface area is 182 Å². The van der Waals surface area contributed by atoms with E-state index in [1.54, 1.807) is 15.9 Å². The normalized spacial score (nSPS) is 19.3. The molecule has 2 aromatic rings. The molecule has 0 aromatic heterocycles. The highest BCUT2D eigenvalue weighted by atomic mass is 16.2. The molecule has 2 aliphatic rings. The molecule has 160 valence electrons. The van der Waals surface area contributed by atoms with Gasteiger partial charge in [0.05, 0.1) is 0 Å².